The van der Waals surface area contributed by atoms with Crippen LogP contribution in [-0.2, 0) is 4.74 Å². The topological polar surface area (TPSA) is 60.2 Å². The lowest BCUT2D eigenvalue weighted by Crippen LogP contribution is -2.17. The van der Waals surface area contributed by atoms with Crippen molar-refractivity contribution >= 4 is 23.0 Å². The van der Waals surface area contributed by atoms with Crippen molar-refractivity contribution in [3.05, 3.63) is 22.9 Å². The molecule has 5 heteroatoms. The first-order chi connectivity index (χ1) is 9.06. The molecule has 0 atom stereocenters. The number of hydrogen-bond donors (Lipinski definition) is 2. The summed E-state index contributed by atoms with van der Waals surface area (Å²) in [6.07, 6.45) is 3.30. The minimum atomic E-state index is 0.395. The molecule has 0 fully saturated rings. The van der Waals surface area contributed by atoms with Gasteiger partial charge in [0, 0.05) is 26.0 Å². The number of thiocarbonyl (C=S) groups is 1. The van der Waals surface area contributed by atoms with Gasteiger partial charge in [-0.1, -0.05) is 12.2 Å². The summed E-state index contributed by atoms with van der Waals surface area (Å²) in [5, 5.41) is 3.33. The van der Waals surface area contributed by atoms with E-state index in [0.717, 1.165) is 55.1 Å². The molecule has 1 rings (SSSR count). The molecule has 0 aromatic carbocycles. The van der Waals surface area contributed by atoms with Gasteiger partial charge in [0.2, 0.25) is 0 Å². The van der Waals surface area contributed by atoms with Gasteiger partial charge in [-0.3, -0.25) is 0 Å². The maximum absolute atomic E-state index is 5.77. The highest BCUT2D eigenvalue weighted by molar-refractivity contribution is 7.80. The van der Waals surface area contributed by atoms with Crippen LogP contribution in [0.5, 0.6) is 0 Å². The first-order valence-electron chi connectivity index (χ1n) is 6.57. The van der Waals surface area contributed by atoms with Gasteiger partial charge >= 0.3 is 0 Å². The molecule has 0 radical (unpaired) electrons. The van der Waals surface area contributed by atoms with E-state index in [1.54, 1.807) is 7.11 Å². The molecule has 3 N–H and O–H groups in total. The molecule has 0 aliphatic rings. The number of aryl methyl sites for hydroxylation is 2. The zero-order chi connectivity index (χ0) is 14.3. The minimum Gasteiger partial charge on any atom is -0.389 e. The van der Waals surface area contributed by atoms with Crippen molar-refractivity contribution in [3.63, 3.8) is 0 Å². The number of methoxy groups -OCH3 is 1. The summed E-state index contributed by atoms with van der Waals surface area (Å²) in [6, 6.07) is 2.00. The average Bonchev–Trinajstić information content (AvgIpc) is 2.32. The van der Waals surface area contributed by atoms with Crippen molar-refractivity contribution in [2.75, 3.05) is 25.6 Å². The van der Waals surface area contributed by atoms with E-state index in [0.29, 0.717) is 4.99 Å². The summed E-state index contributed by atoms with van der Waals surface area (Å²) >= 11 is 5.10. The number of rotatable bonds is 8. The van der Waals surface area contributed by atoms with Crippen LogP contribution in [0, 0.1) is 13.8 Å². The number of hydrogen-bond acceptors (Lipinski definition) is 4. The van der Waals surface area contributed by atoms with Crippen LogP contribution in [0.3, 0.4) is 0 Å². The highest BCUT2D eigenvalue weighted by Crippen LogP contribution is 2.18. The third kappa shape index (κ3) is 5.12. The molecule has 0 unspecified atom stereocenters. The molecule has 1 aromatic rings. The Morgan fingerprint density at radius 2 is 2.11 bits per heavy atom. The average molecular weight is 281 g/mol. The van der Waals surface area contributed by atoms with E-state index >= 15 is 0 Å². The second-order valence-electron chi connectivity index (χ2n) is 4.65. The van der Waals surface area contributed by atoms with E-state index in [1.165, 1.54) is 0 Å². The predicted molar refractivity (Wildman–Crippen MR) is 83.8 cm³/mol. The van der Waals surface area contributed by atoms with Crippen LogP contribution < -0.4 is 11.1 Å². The number of nitrogens with one attached hydrogen (secondary N) is 1. The SMILES string of the molecule is COCCCCCNc1nc(C)cc(C)c1C(N)=S. The van der Waals surface area contributed by atoms with Gasteiger partial charge in [0.05, 0.1) is 5.56 Å². The third-order valence-electron chi connectivity index (χ3n) is 2.91. The minimum absolute atomic E-state index is 0.395. The second kappa shape index (κ2) is 8.07. The monoisotopic (exact) mass is 281 g/mol. The van der Waals surface area contributed by atoms with Gasteiger partial charge in [-0.05, 0) is 44.7 Å². The maximum Gasteiger partial charge on any atom is 0.136 e. The van der Waals surface area contributed by atoms with Gasteiger partial charge in [-0.15, -0.1) is 0 Å². The van der Waals surface area contributed by atoms with E-state index in [-0.39, 0.29) is 0 Å². The smallest absolute Gasteiger partial charge is 0.136 e. The highest BCUT2D eigenvalue weighted by atomic mass is 32.1. The van der Waals surface area contributed by atoms with Crippen molar-refractivity contribution in [2.24, 2.45) is 5.73 Å². The molecule has 106 valence electrons. The lowest BCUT2D eigenvalue weighted by atomic mass is 10.1. The van der Waals surface area contributed by atoms with Crippen LogP contribution >= 0.6 is 12.2 Å². The molecule has 1 heterocycles. The second-order valence-corrected chi connectivity index (χ2v) is 5.09. The van der Waals surface area contributed by atoms with E-state index in [1.807, 2.05) is 19.9 Å². The molecule has 0 saturated heterocycles. The number of unbranched alkanes of at least 4 members (excludes halogenated alkanes) is 2. The van der Waals surface area contributed by atoms with Crippen molar-refractivity contribution in [3.8, 4) is 0 Å². The summed E-state index contributed by atoms with van der Waals surface area (Å²) in [6.45, 7) is 5.67. The molecule has 0 saturated carbocycles. The Bertz CT molecular complexity index is 435. The van der Waals surface area contributed by atoms with E-state index in [9.17, 15) is 0 Å². The van der Waals surface area contributed by atoms with Crippen LogP contribution in [0.1, 0.15) is 36.1 Å². The number of anilines is 1. The molecule has 0 aliphatic heterocycles. The number of pyridine rings is 1. The summed E-state index contributed by atoms with van der Waals surface area (Å²) < 4.78 is 5.02. The Hall–Kier alpha value is -1.20. The van der Waals surface area contributed by atoms with Gasteiger partial charge in [-0.2, -0.15) is 0 Å². The van der Waals surface area contributed by atoms with Crippen LogP contribution in [0.2, 0.25) is 0 Å². The fourth-order valence-corrected chi connectivity index (χ4v) is 2.29. The number of nitrogens with zero attached hydrogens (tertiary/aromatic N) is 1. The predicted octanol–water partition coefficient (Wildman–Crippen LogP) is 2.56. The molecule has 0 aliphatic carbocycles. The summed E-state index contributed by atoms with van der Waals surface area (Å²) in [5.41, 5.74) is 8.67. The van der Waals surface area contributed by atoms with Crippen molar-refractivity contribution in [1.82, 2.24) is 4.98 Å². The van der Waals surface area contributed by atoms with Crippen LogP contribution in [0.25, 0.3) is 0 Å². The quantitative estimate of drug-likeness (QED) is 0.566. The first kappa shape index (κ1) is 15.9. The standard InChI is InChI=1S/C14H23N3OS/c1-10-9-11(2)17-14(12(10)13(15)19)16-7-5-4-6-8-18-3/h9H,4-8H2,1-3H3,(H2,15,19)(H,16,17). The Kier molecular flexibility index (Phi) is 6.73. The fourth-order valence-electron chi connectivity index (χ4n) is 2.03. The van der Waals surface area contributed by atoms with Gasteiger partial charge in [0.25, 0.3) is 0 Å². The molecule has 0 amide bonds. The van der Waals surface area contributed by atoms with E-state index < -0.39 is 0 Å². The zero-order valence-electron chi connectivity index (χ0n) is 12.0. The highest BCUT2D eigenvalue weighted by Gasteiger charge is 2.10. The molecule has 0 bridgehead atoms. The van der Waals surface area contributed by atoms with Crippen LogP contribution in [-0.4, -0.2) is 30.2 Å². The Morgan fingerprint density at radius 1 is 1.37 bits per heavy atom. The van der Waals surface area contributed by atoms with Gasteiger partial charge in [-0.25, -0.2) is 4.98 Å². The maximum atomic E-state index is 5.77. The largest absolute Gasteiger partial charge is 0.389 e. The van der Waals surface area contributed by atoms with Crippen LogP contribution in [0.15, 0.2) is 6.07 Å². The van der Waals surface area contributed by atoms with Crippen molar-refractivity contribution in [1.29, 1.82) is 0 Å². The lowest BCUT2D eigenvalue weighted by molar-refractivity contribution is 0.192. The zero-order valence-corrected chi connectivity index (χ0v) is 12.8. The molecule has 1 aromatic heterocycles. The Balaban J connectivity index is 2.59. The Morgan fingerprint density at radius 3 is 2.74 bits per heavy atom. The number of aromatic nitrogens is 1. The van der Waals surface area contributed by atoms with Gasteiger partial charge < -0.3 is 15.8 Å². The van der Waals surface area contributed by atoms with Crippen molar-refractivity contribution in [2.45, 2.75) is 33.1 Å². The van der Waals surface area contributed by atoms with Gasteiger partial charge in [0.15, 0.2) is 0 Å². The normalized spacial score (nSPS) is 10.5. The fraction of sp³-hybridized carbons (Fsp3) is 0.571. The molecular formula is C14H23N3OS. The lowest BCUT2D eigenvalue weighted by Gasteiger charge is -2.13. The number of nitrogens with two attached hydrogens (primary N) is 1. The molecular weight excluding hydrogens is 258 g/mol. The third-order valence-corrected chi connectivity index (χ3v) is 3.11. The van der Waals surface area contributed by atoms with Crippen molar-refractivity contribution < 1.29 is 4.74 Å². The summed E-state index contributed by atoms with van der Waals surface area (Å²) in [7, 11) is 1.73. The first-order valence-corrected chi connectivity index (χ1v) is 6.98. The molecule has 0 spiro atoms. The Labute approximate surface area is 120 Å². The summed E-state index contributed by atoms with van der Waals surface area (Å²) in [4.78, 5) is 4.88. The van der Waals surface area contributed by atoms with Crippen LogP contribution in [0.4, 0.5) is 5.82 Å². The molecule has 4 nitrogen and oxygen atoms in total. The van der Waals surface area contributed by atoms with E-state index in [4.69, 9.17) is 22.7 Å². The van der Waals surface area contributed by atoms with Gasteiger partial charge in [0.1, 0.15) is 10.8 Å². The molecule has 19 heavy (non-hydrogen) atoms. The van der Waals surface area contributed by atoms with E-state index in [2.05, 4.69) is 10.3 Å². The summed E-state index contributed by atoms with van der Waals surface area (Å²) in [5.74, 6) is 0.803. The number of ether oxygens (including phenoxy) is 1.